The average molecular weight is 359 g/mol. The smallest absolute Gasteiger partial charge is 0.290 e. The van der Waals surface area contributed by atoms with Crippen LogP contribution < -0.4 is 4.74 Å². The highest BCUT2D eigenvalue weighted by atomic mass is 16.5. The molecule has 0 bridgehead atoms. The maximum absolute atomic E-state index is 12.7. The summed E-state index contributed by atoms with van der Waals surface area (Å²) in [6, 6.07) is 6.85. The quantitative estimate of drug-likeness (QED) is 0.755. The Hall–Kier alpha value is -2.30. The maximum atomic E-state index is 12.7. The Morgan fingerprint density at radius 3 is 2.54 bits per heavy atom. The Morgan fingerprint density at radius 2 is 1.96 bits per heavy atom. The molecule has 1 atom stereocenters. The number of rotatable bonds is 8. The van der Waals surface area contributed by atoms with Crippen molar-refractivity contribution in [1.29, 1.82) is 0 Å². The highest BCUT2D eigenvalue weighted by molar-refractivity contribution is 6.09. The van der Waals surface area contributed by atoms with Gasteiger partial charge in [0.05, 0.1) is 17.7 Å². The van der Waals surface area contributed by atoms with Crippen molar-refractivity contribution in [2.75, 3.05) is 6.54 Å². The average Bonchev–Trinajstić information content (AvgIpc) is 2.83. The molecule has 5 nitrogen and oxygen atoms in total. The monoisotopic (exact) mass is 359 g/mol. The lowest BCUT2D eigenvalue weighted by atomic mass is 9.91. The SMILES string of the molecule is CCCCN1C(=O)C(O)=C(C(=O)C(C)C)C1c1cccc(OC(C)C)c1. The van der Waals surface area contributed by atoms with E-state index < -0.39 is 17.7 Å². The van der Waals surface area contributed by atoms with Crippen molar-refractivity contribution >= 4 is 11.7 Å². The van der Waals surface area contributed by atoms with E-state index in [2.05, 4.69) is 0 Å². The number of nitrogens with zero attached hydrogens (tertiary/aromatic N) is 1. The Kier molecular flexibility index (Phi) is 6.46. The van der Waals surface area contributed by atoms with E-state index in [9.17, 15) is 14.7 Å². The standard InChI is InChI=1S/C21H29NO4/c1-6-7-11-22-18(15-9-8-10-16(12-15)26-14(4)5)17(19(23)13(2)3)20(24)21(22)25/h8-10,12-14,18,24H,6-7,11H2,1-5H3. The molecule has 142 valence electrons. The Morgan fingerprint density at radius 1 is 1.27 bits per heavy atom. The molecule has 0 aromatic heterocycles. The minimum Gasteiger partial charge on any atom is -0.503 e. The van der Waals surface area contributed by atoms with Gasteiger partial charge in [0.2, 0.25) is 0 Å². The number of carbonyl (C=O) groups excluding carboxylic acids is 2. The molecule has 0 fully saturated rings. The first-order valence-corrected chi connectivity index (χ1v) is 9.32. The molecule has 1 unspecified atom stereocenters. The number of carbonyl (C=O) groups is 2. The van der Waals surface area contributed by atoms with Gasteiger partial charge in [0.1, 0.15) is 5.75 Å². The van der Waals surface area contributed by atoms with E-state index >= 15 is 0 Å². The van der Waals surface area contributed by atoms with Crippen molar-refractivity contribution < 1.29 is 19.4 Å². The van der Waals surface area contributed by atoms with Gasteiger partial charge in [-0.05, 0) is 38.0 Å². The van der Waals surface area contributed by atoms with Crippen LogP contribution >= 0.6 is 0 Å². The van der Waals surface area contributed by atoms with Gasteiger partial charge in [0, 0.05) is 12.5 Å². The van der Waals surface area contributed by atoms with Crippen molar-refractivity contribution in [3.05, 3.63) is 41.2 Å². The molecule has 1 aromatic rings. The molecular formula is C21H29NO4. The number of ketones is 1. The van der Waals surface area contributed by atoms with Gasteiger partial charge in [0.25, 0.3) is 5.91 Å². The lowest BCUT2D eigenvalue weighted by molar-refractivity contribution is -0.129. The van der Waals surface area contributed by atoms with Gasteiger partial charge in [-0.3, -0.25) is 9.59 Å². The summed E-state index contributed by atoms with van der Waals surface area (Å²) < 4.78 is 5.76. The topological polar surface area (TPSA) is 66.8 Å². The minimum atomic E-state index is -0.570. The second kappa shape index (κ2) is 8.39. The molecule has 0 radical (unpaired) electrons. The van der Waals surface area contributed by atoms with E-state index in [1.807, 2.05) is 45.0 Å². The van der Waals surface area contributed by atoms with Crippen LogP contribution in [0.25, 0.3) is 0 Å². The third-order valence-corrected chi connectivity index (χ3v) is 4.39. The number of hydrogen-bond acceptors (Lipinski definition) is 4. The molecule has 5 heteroatoms. The fourth-order valence-corrected chi connectivity index (χ4v) is 3.15. The largest absolute Gasteiger partial charge is 0.503 e. The summed E-state index contributed by atoms with van der Waals surface area (Å²) in [5, 5.41) is 10.4. The maximum Gasteiger partial charge on any atom is 0.290 e. The molecule has 0 saturated carbocycles. The summed E-state index contributed by atoms with van der Waals surface area (Å²) in [4.78, 5) is 27.0. The van der Waals surface area contributed by atoms with Gasteiger partial charge >= 0.3 is 0 Å². The first-order valence-electron chi connectivity index (χ1n) is 9.32. The van der Waals surface area contributed by atoms with Crippen LogP contribution in [0.5, 0.6) is 5.75 Å². The van der Waals surface area contributed by atoms with Gasteiger partial charge in [-0.1, -0.05) is 39.3 Å². The molecule has 0 spiro atoms. The summed E-state index contributed by atoms with van der Waals surface area (Å²) in [6.07, 6.45) is 1.74. The third-order valence-electron chi connectivity index (χ3n) is 4.39. The summed E-state index contributed by atoms with van der Waals surface area (Å²) in [5.41, 5.74) is 0.975. The number of unbranched alkanes of at least 4 members (excludes halogenated alkanes) is 1. The highest BCUT2D eigenvalue weighted by Gasteiger charge is 2.43. The van der Waals surface area contributed by atoms with Crippen LogP contribution in [0.15, 0.2) is 35.6 Å². The third kappa shape index (κ3) is 4.09. The van der Waals surface area contributed by atoms with Crippen molar-refractivity contribution in [2.24, 2.45) is 5.92 Å². The summed E-state index contributed by atoms with van der Waals surface area (Å²) in [7, 11) is 0. The summed E-state index contributed by atoms with van der Waals surface area (Å²) in [5.74, 6) is -0.704. The van der Waals surface area contributed by atoms with Crippen LogP contribution in [-0.4, -0.2) is 34.3 Å². The molecule has 1 amide bonds. The van der Waals surface area contributed by atoms with Gasteiger partial charge < -0.3 is 14.7 Å². The van der Waals surface area contributed by atoms with E-state index in [4.69, 9.17) is 4.74 Å². The molecule has 1 N–H and O–H groups in total. The zero-order chi connectivity index (χ0) is 19.4. The van der Waals surface area contributed by atoms with E-state index in [1.54, 1.807) is 18.7 Å². The van der Waals surface area contributed by atoms with Crippen LogP contribution in [0.4, 0.5) is 0 Å². The number of aliphatic hydroxyl groups is 1. The number of benzene rings is 1. The predicted molar refractivity (Wildman–Crippen MR) is 101 cm³/mol. The van der Waals surface area contributed by atoms with Crippen molar-refractivity contribution in [3.8, 4) is 5.75 Å². The first-order chi connectivity index (χ1) is 12.3. The number of ether oxygens (including phenoxy) is 1. The first kappa shape index (κ1) is 20.0. The molecular weight excluding hydrogens is 330 g/mol. The normalized spacial score (nSPS) is 17.6. The molecule has 26 heavy (non-hydrogen) atoms. The summed E-state index contributed by atoms with van der Waals surface area (Å²) in [6.45, 7) is 9.97. The molecule has 2 rings (SSSR count). The van der Waals surface area contributed by atoms with Crippen molar-refractivity contribution in [2.45, 2.75) is 59.6 Å². The zero-order valence-electron chi connectivity index (χ0n) is 16.3. The van der Waals surface area contributed by atoms with Crippen LogP contribution in [0.3, 0.4) is 0 Å². The number of Topliss-reactive ketones (excluding diaryl/α,β-unsaturated/α-hetero) is 1. The molecule has 1 aromatic carbocycles. The summed E-state index contributed by atoms with van der Waals surface area (Å²) >= 11 is 0. The molecule has 0 saturated heterocycles. The number of amides is 1. The fourth-order valence-electron chi connectivity index (χ4n) is 3.15. The highest BCUT2D eigenvalue weighted by Crippen LogP contribution is 2.39. The Labute approximate surface area is 155 Å². The molecule has 1 aliphatic rings. The van der Waals surface area contributed by atoms with E-state index in [1.165, 1.54) is 0 Å². The van der Waals surface area contributed by atoms with Gasteiger partial charge in [0.15, 0.2) is 11.5 Å². The van der Waals surface area contributed by atoms with Gasteiger partial charge in [-0.15, -0.1) is 0 Å². The molecule has 1 heterocycles. The lowest BCUT2D eigenvalue weighted by Crippen LogP contribution is -2.32. The minimum absolute atomic E-state index is 0.0207. The number of aliphatic hydroxyl groups excluding tert-OH is 1. The Bertz CT molecular complexity index is 706. The van der Waals surface area contributed by atoms with Crippen LogP contribution in [0.1, 0.15) is 59.1 Å². The van der Waals surface area contributed by atoms with Crippen LogP contribution in [0, 0.1) is 5.92 Å². The van der Waals surface area contributed by atoms with Crippen LogP contribution in [-0.2, 0) is 9.59 Å². The lowest BCUT2D eigenvalue weighted by Gasteiger charge is -2.27. The van der Waals surface area contributed by atoms with Gasteiger partial charge in [-0.25, -0.2) is 0 Å². The van der Waals surface area contributed by atoms with Crippen LogP contribution in [0.2, 0.25) is 0 Å². The molecule has 0 aliphatic carbocycles. The van der Waals surface area contributed by atoms with E-state index in [0.29, 0.717) is 12.3 Å². The second-order valence-corrected chi connectivity index (χ2v) is 7.27. The fraction of sp³-hybridized carbons (Fsp3) is 0.524. The van der Waals surface area contributed by atoms with E-state index in [-0.39, 0.29) is 23.4 Å². The van der Waals surface area contributed by atoms with E-state index in [0.717, 1.165) is 18.4 Å². The van der Waals surface area contributed by atoms with Crippen molar-refractivity contribution in [3.63, 3.8) is 0 Å². The molecule has 1 aliphatic heterocycles. The zero-order valence-corrected chi connectivity index (χ0v) is 16.3. The Balaban J connectivity index is 2.50. The number of hydrogen-bond donors (Lipinski definition) is 1. The van der Waals surface area contributed by atoms with Gasteiger partial charge in [-0.2, -0.15) is 0 Å². The predicted octanol–water partition coefficient (Wildman–Crippen LogP) is 4.19. The van der Waals surface area contributed by atoms with Crippen molar-refractivity contribution in [1.82, 2.24) is 4.90 Å². The second-order valence-electron chi connectivity index (χ2n) is 7.27.